The summed E-state index contributed by atoms with van der Waals surface area (Å²) in [5.41, 5.74) is 1.43. The summed E-state index contributed by atoms with van der Waals surface area (Å²) in [5.74, 6) is -0.170. The first kappa shape index (κ1) is 17.8. The SMILES string of the molecule is O=C(CBr)Nc1ccc(Br)cc1C(O)(c1ccsc1)c1ccsc1. The standard InChI is InChI=1S/C17H13Br2NO2S2/c18-8-16(21)20-15-2-1-13(19)7-14(15)17(22,11-3-5-23-9-11)12-4-6-24-10-12/h1-7,9-10,22H,8H2,(H,20,21). The second-order valence-electron chi connectivity index (χ2n) is 5.11. The Labute approximate surface area is 164 Å². The van der Waals surface area contributed by atoms with Gasteiger partial charge < -0.3 is 10.4 Å². The average molecular weight is 487 g/mol. The zero-order chi connectivity index (χ0) is 17.2. The first-order valence-corrected chi connectivity index (χ1v) is 10.8. The quantitative estimate of drug-likeness (QED) is 0.487. The summed E-state index contributed by atoms with van der Waals surface area (Å²) in [4.78, 5) is 11.9. The maximum atomic E-state index is 11.9. The molecule has 24 heavy (non-hydrogen) atoms. The number of carbonyl (C=O) groups excluding carboxylic acids is 1. The smallest absolute Gasteiger partial charge is 0.235 e. The number of alkyl halides is 1. The fourth-order valence-electron chi connectivity index (χ4n) is 2.53. The molecule has 1 amide bonds. The van der Waals surface area contributed by atoms with E-state index in [2.05, 4.69) is 37.2 Å². The van der Waals surface area contributed by atoms with E-state index in [0.717, 1.165) is 15.6 Å². The highest BCUT2D eigenvalue weighted by Crippen LogP contribution is 2.42. The highest BCUT2D eigenvalue weighted by Gasteiger charge is 2.37. The van der Waals surface area contributed by atoms with E-state index in [1.807, 2.05) is 45.8 Å². The van der Waals surface area contributed by atoms with E-state index in [1.165, 1.54) is 22.7 Å². The van der Waals surface area contributed by atoms with Crippen LogP contribution in [0.1, 0.15) is 16.7 Å². The first-order valence-electron chi connectivity index (χ1n) is 6.99. The average Bonchev–Trinajstić information content (AvgIpc) is 3.29. The summed E-state index contributed by atoms with van der Waals surface area (Å²) in [5, 5.41) is 22.5. The van der Waals surface area contributed by atoms with Gasteiger partial charge in [0.05, 0.1) is 5.33 Å². The van der Waals surface area contributed by atoms with Crippen LogP contribution in [0.3, 0.4) is 0 Å². The highest BCUT2D eigenvalue weighted by molar-refractivity contribution is 9.10. The summed E-state index contributed by atoms with van der Waals surface area (Å²) >= 11 is 9.68. The van der Waals surface area contributed by atoms with Crippen molar-refractivity contribution in [2.45, 2.75) is 5.60 Å². The molecule has 0 aliphatic carbocycles. The molecule has 0 atom stereocenters. The monoisotopic (exact) mass is 485 g/mol. The molecular formula is C17H13Br2NO2S2. The largest absolute Gasteiger partial charge is 0.376 e. The molecule has 7 heteroatoms. The number of carbonyl (C=O) groups is 1. The van der Waals surface area contributed by atoms with Gasteiger partial charge in [0.2, 0.25) is 5.91 Å². The molecule has 124 valence electrons. The molecule has 0 saturated heterocycles. The van der Waals surface area contributed by atoms with Crippen LogP contribution in [0, 0.1) is 0 Å². The van der Waals surface area contributed by atoms with Crippen LogP contribution >= 0.6 is 54.5 Å². The van der Waals surface area contributed by atoms with Crippen molar-refractivity contribution < 1.29 is 9.90 Å². The van der Waals surface area contributed by atoms with Crippen molar-refractivity contribution in [3.63, 3.8) is 0 Å². The minimum Gasteiger partial charge on any atom is -0.376 e. The summed E-state index contributed by atoms with van der Waals surface area (Å²) in [6.07, 6.45) is 0. The Bertz CT molecular complexity index is 798. The van der Waals surface area contributed by atoms with E-state index in [4.69, 9.17) is 0 Å². The molecule has 2 heterocycles. The Balaban J connectivity index is 2.22. The van der Waals surface area contributed by atoms with E-state index in [9.17, 15) is 9.90 Å². The van der Waals surface area contributed by atoms with Gasteiger partial charge in [-0.2, -0.15) is 22.7 Å². The van der Waals surface area contributed by atoms with Crippen LogP contribution in [0.25, 0.3) is 0 Å². The molecule has 1 aromatic carbocycles. The van der Waals surface area contributed by atoms with Crippen LogP contribution in [0.15, 0.2) is 56.3 Å². The molecule has 0 bridgehead atoms. The number of hydrogen-bond donors (Lipinski definition) is 2. The molecule has 0 unspecified atom stereocenters. The molecule has 3 rings (SSSR count). The lowest BCUT2D eigenvalue weighted by Crippen LogP contribution is -2.30. The fraction of sp³-hybridized carbons (Fsp3) is 0.118. The molecule has 0 saturated carbocycles. The molecular weight excluding hydrogens is 474 g/mol. The van der Waals surface area contributed by atoms with Crippen molar-refractivity contribution in [3.8, 4) is 0 Å². The van der Waals surface area contributed by atoms with Crippen LogP contribution < -0.4 is 5.32 Å². The number of thiophene rings is 2. The van der Waals surface area contributed by atoms with Gasteiger partial charge >= 0.3 is 0 Å². The molecule has 3 aromatic rings. The summed E-state index contributed by atoms with van der Waals surface area (Å²) in [6.45, 7) is 0. The number of nitrogens with one attached hydrogen (secondary N) is 1. The van der Waals surface area contributed by atoms with Crippen molar-refractivity contribution in [3.05, 3.63) is 73.0 Å². The van der Waals surface area contributed by atoms with E-state index in [1.54, 1.807) is 6.07 Å². The fourth-order valence-corrected chi connectivity index (χ4v) is 4.43. The number of halogens is 2. The Morgan fingerprint density at radius 3 is 2.25 bits per heavy atom. The van der Waals surface area contributed by atoms with Crippen LogP contribution in [0.2, 0.25) is 0 Å². The lowest BCUT2D eigenvalue weighted by molar-refractivity contribution is -0.113. The van der Waals surface area contributed by atoms with E-state index in [0.29, 0.717) is 11.3 Å². The Kier molecular flexibility index (Phi) is 5.56. The normalized spacial score (nSPS) is 11.5. The summed E-state index contributed by atoms with van der Waals surface area (Å²) in [6, 6.07) is 9.29. The number of benzene rings is 1. The first-order chi connectivity index (χ1) is 11.6. The summed E-state index contributed by atoms with van der Waals surface area (Å²) < 4.78 is 0.832. The van der Waals surface area contributed by atoms with Crippen molar-refractivity contribution in [2.75, 3.05) is 10.6 Å². The topological polar surface area (TPSA) is 49.3 Å². The predicted molar refractivity (Wildman–Crippen MR) is 107 cm³/mol. The molecule has 3 nitrogen and oxygen atoms in total. The molecule has 0 aliphatic heterocycles. The molecule has 0 aliphatic rings. The zero-order valence-corrected chi connectivity index (χ0v) is 17.1. The second-order valence-corrected chi connectivity index (χ2v) is 8.14. The molecule has 2 N–H and O–H groups in total. The zero-order valence-electron chi connectivity index (χ0n) is 12.3. The van der Waals surface area contributed by atoms with Crippen molar-refractivity contribution in [1.82, 2.24) is 0 Å². The van der Waals surface area contributed by atoms with Crippen LogP contribution in [-0.2, 0) is 10.4 Å². The number of aliphatic hydroxyl groups is 1. The van der Waals surface area contributed by atoms with Gasteiger partial charge in [-0.3, -0.25) is 4.79 Å². The van der Waals surface area contributed by atoms with Gasteiger partial charge in [-0.1, -0.05) is 31.9 Å². The maximum absolute atomic E-state index is 11.9. The van der Waals surface area contributed by atoms with Gasteiger partial charge in [-0.15, -0.1) is 0 Å². The summed E-state index contributed by atoms with van der Waals surface area (Å²) in [7, 11) is 0. The third-order valence-corrected chi connectivity index (χ3v) is 6.01. The molecule has 2 aromatic heterocycles. The van der Waals surface area contributed by atoms with Crippen molar-refractivity contribution >= 4 is 66.1 Å². The second kappa shape index (κ2) is 7.49. The number of rotatable bonds is 5. The minimum atomic E-state index is -1.33. The predicted octanol–water partition coefficient (Wildman–Crippen LogP) is 5.19. The highest BCUT2D eigenvalue weighted by atomic mass is 79.9. The number of amides is 1. The van der Waals surface area contributed by atoms with Gasteiger partial charge in [-0.05, 0) is 51.9 Å². The van der Waals surface area contributed by atoms with Gasteiger partial charge in [-0.25, -0.2) is 0 Å². The molecule has 0 fully saturated rings. The van der Waals surface area contributed by atoms with Crippen LogP contribution in [-0.4, -0.2) is 16.3 Å². The Morgan fingerprint density at radius 1 is 1.12 bits per heavy atom. The maximum Gasteiger partial charge on any atom is 0.235 e. The Hall–Kier alpha value is -0.990. The number of hydrogen-bond acceptors (Lipinski definition) is 4. The Morgan fingerprint density at radius 2 is 1.75 bits per heavy atom. The molecule has 0 radical (unpaired) electrons. The lowest BCUT2D eigenvalue weighted by Gasteiger charge is -2.30. The van der Waals surface area contributed by atoms with Crippen molar-refractivity contribution in [1.29, 1.82) is 0 Å². The lowest BCUT2D eigenvalue weighted by atomic mass is 9.82. The van der Waals surface area contributed by atoms with Gasteiger partial charge in [0.15, 0.2) is 0 Å². The van der Waals surface area contributed by atoms with Crippen molar-refractivity contribution in [2.24, 2.45) is 0 Å². The van der Waals surface area contributed by atoms with Gasteiger partial charge in [0.25, 0.3) is 0 Å². The van der Waals surface area contributed by atoms with Crippen LogP contribution in [0.5, 0.6) is 0 Å². The van der Waals surface area contributed by atoms with Crippen LogP contribution in [0.4, 0.5) is 5.69 Å². The van der Waals surface area contributed by atoms with E-state index >= 15 is 0 Å². The van der Waals surface area contributed by atoms with E-state index < -0.39 is 5.60 Å². The molecule has 0 spiro atoms. The van der Waals surface area contributed by atoms with E-state index in [-0.39, 0.29) is 11.2 Å². The number of anilines is 1. The minimum absolute atomic E-state index is 0.170. The third kappa shape index (κ3) is 3.36. The van der Waals surface area contributed by atoms with Gasteiger partial charge in [0, 0.05) is 26.9 Å². The van der Waals surface area contributed by atoms with Gasteiger partial charge in [0.1, 0.15) is 5.60 Å². The third-order valence-electron chi connectivity index (χ3n) is 3.64.